The Labute approximate surface area is 117 Å². The second kappa shape index (κ2) is 4.89. The zero-order valence-electron chi connectivity index (χ0n) is 10.7. The zero-order chi connectivity index (χ0) is 14.1. The van der Waals surface area contributed by atoms with Crippen LogP contribution in [0.25, 0.3) is 11.5 Å². The maximum atomic E-state index is 12.0. The maximum Gasteiger partial charge on any atom is 0.278 e. The quantitative estimate of drug-likeness (QED) is 0.797. The molecule has 0 aliphatic rings. The highest BCUT2D eigenvalue weighted by Gasteiger charge is 2.17. The van der Waals surface area contributed by atoms with Crippen LogP contribution in [0.1, 0.15) is 22.1 Å². The fraction of sp³-hybridized carbons (Fsp3) is 0.167. The van der Waals surface area contributed by atoms with Gasteiger partial charge in [-0.15, -0.1) is 11.3 Å². The van der Waals surface area contributed by atoms with Crippen molar-refractivity contribution in [3.63, 3.8) is 0 Å². The van der Waals surface area contributed by atoms with E-state index in [0.717, 1.165) is 0 Å². The first kappa shape index (κ1) is 12.5. The van der Waals surface area contributed by atoms with Crippen molar-refractivity contribution < 1.29 is 13.8 Å². The molecule has 8 heteroatoms. The normalized spacial score (nSPS) is 10.7. The molecule has 102 valence electrons. The topological polar surface area (TPSA) is 94.1 Å². The summed E-state index contributed by atoms with van der Waals surface area (Å²) in [6.07, 6.45) is 0. The molecule has 3 aromatic rings. The van der Waals surface area contributed by atoms with Crippen LogP contribution in [0.2, 0.25) is 0 Å². The first-order valence-corrected chi connectivity index (χ1v) is 6.64. The minimum Gasteiger partial charge on any atom is -0.361 e. The molecule has 3 heterocycles. The Hall–Kier alpha value is -2.48. The molecule has 0 radical (unpaired) electrons. The van der Waals surface area contributed by atoms with Crippen molar-refractivity contribution in [2.24, 2.45) is 0 Å². The van der Waals surface area contributed by atoms with Crippen LogP contribution >= 0.6 is 11.3 Å². The summed E-state index contributed by atoms with van der Waals surface area (Å²) < 4.78 is 9.98. The van der Waals surface area contributed by atoms with E-state index in [1.165, 1.54) is 11.3 Å². The van der Waals surface area contributed by atoms with E-state index in [1.807, 2.05) is 5.38 Å². The van der Waals surface area contributed by atoms with Gasteiger partial charge in [-0.1, -0.05) is 10.3 Å². The summed E-state index contributed by atoms with van der Waals surface area (Å²) in [5.74, 6) is 1.14. The molecular formula is C12H10N4O3S. The molecule has 0 saturated carbocycles. The minimum atomic E-state index is -0.346. The highest BCUT2D eigenvalue weighted by molar-refractivity contribution is 7.15. The Kier molecular flexibility index (Phi) is 3.07. The summed E-state index contributed by atoms with van der Waals surface area (Å²) in [5.41, 5.74) is 0.910. The monoisotopic (exact) mass is 290 g/mol. The van der Waals surface area contributed by atoms with Crippen molar-refractivity contribution in [1.82, 2.24) is 15.3 Å². The van der Waals surface area contributed by atoms with Crippen molar-refractivity contribution >= 4 is 22.2 Å². The highest BCUT2D eigenvalue weighted by atomic mass is 32.1. The lowest BCUT2D eigenvalue weighted by atomic mass is 10.3. The van der Waals surface area contributed by atoms with Gasteiger partial charge in [-0.05, 0) is 25.3 Å². The van der Waals surface area contributed by atoms with Gasteiger partial charge in [0.25, 0.3) is 11.8 Å². The van der Waals surface area contributed by atoms with Gasteiger partial charge in [0.1, 0.15) is 10.8 Å². The van der Waals surface area contributed by atoms with E-state index in [4.69, 9.17) is 9.05 Å². The van der Waals surface area contributed by atoms with Gasteiger partial charge in [0, 0.05) is 6.07 Å². The van der Waals surface area contributed by atoms with E-state index in [9.17, 15) is 4.79 Å². The summed E-state index contributed by atoms with van der Waals surface area (Å²) in [6, 6.07) is 3.38. The molecule has 3 rings (SSSR count). The first-order valence-electron chi connectivity index (χ1n) is 5.76. The predicted octanol–water partition coefficient (Wildman–Crippen LogP) is 2.66. The van der Waals surface area contributed by atoms with E-state index in [-0.39, 0.29) is 11.6 Å². The molecule has 3 aromatic heterocycles. The van der Waals surface area contributed by atoms with Crippen molar-refractivity contribution in [2.45, 2.75) is 13.8 Å². The van der Waals surface area contributed by atoms with E-state index in [2.05, 4.69) is 20.6 Å². The SMILES string of the molecule is Cc1noc(-c2ccsc2NC(=O)c2cc(C)on2)n1. The number of anilines is 1. The third kappa shape index (κ3) is 2.32. The number of aromatic nitrogens is 3. The fourth-order valence-electron chi connectivity index (χ4n) is 1.62. The number of nitrogens with one attached hydrogen (secondary N) is 1. The van der Waals surface area contributed by atoms with Gasteiger partial charge in [-0.3, -0.25) is 4.79 Å². The number of carbonyl (C=O) groups excluding carboxylic acids is 1. The molecule has 1 amide bonds. The van der Waals surface area contributed by atoms with Crippen LogP contribution in [0.5, 0.6) is 0 Å². The van der Waals surface area contributed by atoms with E-state index < -0.39 is 0 Å². The predicted molar refractivity (Wildman–Crippen MR) is 71.5 cm³/mol. The van der Waals surface area contributed by atoms with E-state index in [0.29, 0.717) is 28.0 Å². The van der Waals surface area contributed by atoms with Crippen LogP contribution in [0.4, 0.5) is 5.00 Å². The third-order valence-electron chi connectivity index (χ3n) is 2.51. The molecule has 20 heavy (non-hydrogen) atoms. The number of amides is 1. The standard InChI is InChI=1S/C12H10N4O3S/c1-6-5-9(16-18-6)10(17)14-12-8(3-4-20-12)11-13-7(2)15-19-11/h3-5H,1-2H3,(H,14,17). The molecule has 1 N–H and O–H groups in total. The summed E-state index contributed by atoms with van der Waals surface area (Å²) in [6.45, 7) is 3.46. The molecule has 0 saturated heterocycles. The fourth-order valence-corrected chi connectivity index (χ4v) is 2.40. The number of nitrogens with zero attached hydrogens (tertiary/aromatic N) is 3. The molecule has 0 unspecified atom stereocenters. The van der Waals surface area contributed by atoms with Gasteiger partial charge in [0.15, 0.2) is 11.5 Å². The summed E-state index contributed by atoms with van der Waals surface area (Å²) in [5, 5.41) is 12.6. The Morgan fingerprint density at radius 2 is 2.15 bits per heavy atom. The molecule has 0 aliphatic carbocycles. The lowest BCUT2D eigenvalue weighted by Gasteiger charge is -2.00. The largest absolute Gasteiger partial charge is 0.361 e. The molecule has 0 spiro atoms. The number of hydrogen-bond acceptors (Lipinski definition) is 7. The van der Waals surface area contributed by atoms with Crippen LogP contribution in [0.15, 0.2) is 26.6 Å². The number of hydrogen-bond donors (Lipinski definition) is 1. The first-order chi connectivity index (χ1) is 9.63. The summed E-state index contributed by atoms with van der Waals surface area (Å²) >= 11 is 1.37. The smallest absolute Gasteiger partial charge is 0.278 e. The highest BCUT2D eigenvalue weighted by Crippen LogP contribution is 2.32. The van der Waals surface area contributed by atoms with Crippen LogP contribution in [-0.4, -0.2) is 21.2 Å². The molecule has 0 bridgehead atoms. The average molecular weight is 290 g/mol. The van der Waals surface area contributed by atoms with Gasteiger partial charge in [-0.2, -0.15) is 4.98 Å². The number of thiophene rings is 1. The number of rotatable bonds is 3. The van der Waals surface area contributed by atoms with Gasteiger partial charge >= 0.3 is 0 Å². The maximum absolute atomic E-state index is 12.0. The third-order valence-corrected chi connectivity index (χ3v) is 3.34. The van der Waals surface area contributed by atoms with Crippen molar-refractivity contribution in [3.8, 4) is 11.5 Å². The molecule has 0 atom stereocenters. The van der Waals surface area contributed by atoms with Gasteiger partial charge in [0.05, 0.1) is 5.56 Å². The van der Waals surface area contributed by atoms with Crippen LogP contribution in [0.3, 0.4) is 0 Å². The summed E-state index contributed by atoms with van der Waals surface area (Å²) in [4.78, 5) is 16.2. The average Bonchev–Trinajstić information content (AvgIpc) is 3.10. The number of aryl methyl sites for hydroxylation is 2. The molecule has 0 aliphatic heterocycles. The Morgan fingerprint density at radius 3 is 2.80 bits per heavy atom. The molecule has 0 aromatic carbocycles. The van der Waals surface area contributed by atoms with E-state index >= 15 is 0 Å². The van der Waals surface area contributed by atoms with Gasteiger partial charge < -0.3 is 14.4 Å². The Morgan fingerprint density at radius 1 is 1.30 bits per heavy atom. The van der Waals surface area contributed by atoms with Crippen molar-refractivity contribution in [2.75, 3.05) is 5.32 Å². The Bertz CT molecular complexity index is 758. The second-order valence-corrected chi connectivity index (χ2v) is 5.00. The molecule has 0 fully saturated rings. The Balaban J connectivity index is 1.85. The zero-order valence-corrected chi connectivity index (χ0v) is 11.5. The second-order valence-electron chi connectivity index (χ2n) is 4.09. The lowest BCUT2D eigenvalue weighted by Crippen LogP contribution is -2.11. The molecule has 7 nitrogen and oxygen atoms in total. The minimum absolute atomic E-state index is 0.226. The van der Waals surface area contributed by atoms with Gasteiger partial charge in [-0.25, -0.2) is 0 Å². The van der Waals surface area contributed by atoms with Crippen molar-refractivity contribution in [3.05, 3.63) is 34.8 Å². The van der Waals surface area contributed by atoms with Crippen LogP contribution in [-0.2, 0) is 0 Å². The lowest BCUT2D eigenvalue weighted by molar-refractivity contribution is 0.101. The molecular weight excluding hydrogens is 280 g/mol. The van der Waals surface area contributed by atoms with Crippen molar-refractivity contribution in [1.29, 1.82) is 0 Å². The van der Waals surface area contributed by atoms with Crippen LogP contribution in [0, 0.1) is 13.8 Å². The summed E-state index contributed by atoms with van der Waals surface area (Å²) in [7, 11) is 0. The number of carbonyl (C=O) groups is 1. The van der Waals surface area contributed by atoms with Gasteiger partial charge in [0.2, 0.25) is 0 Å². The van der Waals surface area contributed by atoms with E-state index in [1.54, 1.807) is 26.0 Å². The van der Waals surface area contributed by atoms with Crippen LogP contribution < -0.4 is 5.32 Å².